The van der Waals surface area contributed by atoms with Gasteiger partial charge in [-0.3, -0.25) is 9.59 Å². The predicted octanol–water partition coefficient (Wildman–Crippen LogP) is 1.73. The zero-order valence-corrected chi connectivity index (χ0v) is 20.3. The number of hydrogen-bond acceptors (Lipinski definition) is 7. The van der Waals surface area contributed by atoms with Crippen LogP contribution < -0.4 is 14.9 Å². The van der Waals surface area contributed by atoms with Gasteiger partial charge in [-0.25, -0.2) is 18.4 Å². The Morgan fingerprint density at radius 1 is 0.944 bits per heavy atom. The van der Waals surface area contributed by atoms with E-state index in [9.17, 15) is 18.0 Å². The molecule has 0 saturated carbocycles. The molecule has 0 bridgehead atoms. The molecule has 3 aromatic rings. The van der Waals surface area contributed by atoms with Crippen LogP contribution in [0, 0.1) is 0 Å². The van der Waals surface area contributed by atoms with E-state index >= 15 is 0 Å². The van der Waals surface area contributed by atoms with E-state index < -0.39 is 16.1 Å². The Kier molecular flexibility index (Phi) is 6.66. The van der Waals surface area contributed by atoms with E-state index in [4.69, 9.17) is 0 Å². The summed E-state index contributed by atoms with van der Waals surface area (Å²) in [4.78, 5) is 37.5. The zero-order chi connectivity index (χ0) is 25.1. The largest absolute Gasteiger partial charge is 0.337 e. The van der Waals surface area contributed by atoms with Gasteiger partial charge in [0.25, 0.3) is 0 Å². The van der Waals surface area contributed by atoms with Crippen LogP contribution in [0.1, 0.15) is 23.6 Å². The molecular formula is C25H26N6O4S. The van der Waals surface area contributed by atoms with E-state index in [0.29, 0.717) is 56.2 Å². The van der Waals surface area contributed by atoms with Gasteiger partial charge in [0.2, 0.25) is 27.8 Å². The molecule has 2 aromatic carbocycles. The number of nitrogens with one attached hydrogen (secondary N) is 2. The number of sulfonamides is 1. The number of carbonyl (C=O) groups excluding carboxylic acids is 2. The van der Waals surface area contributed by atoms with Crippen LogP contribution in [-0.2, 0) is 26.0 Å². The van der Waals surface area contributed by atoms with Gasteiger partial charge in [-0.1, -0.05) is 30.3 Å². The summed E-state index contributed by atoms with van der Waals surface area (Å²) in [5, 5.41) is 2.75. The molecule has 2 N–H and O–H groups in total. The second-order valence-electron chi connectivity index (χ2n) is 8.69. The monoisotopic (exact) mass is 506 g/mol. The van der Waals surface area contributed by atoms with Crippen LogP contribution in [0.3, 0.4) is 0 Å². The number of aromatic nitrogens is 2. The summed E-state index contributed by atoms with van der Waals surface area (Å²) in [5.74, 6) is 0.196. The fourth-order valence-corrected chi connectivity index (χ4v) is 5.65. The van der Waals surface area contributed by atoms with Crippen molar-refractivity contribution < 1.29 is 18.0 Å². The molecule has 3 heterocycles. The topological polar surface area (TPSA) is 125 Å². The van der Waals surface area contributed by atoms with Crippen LogP contribution in [0.5, 0.6) is 0 Å². The van der Waals surface area contributed by atoms with Gasteiger partial charge in [0.05, 0.1) is 4.90 Å². The molecule has 1 fully saturated rings. The molecule has 5 rings (SSSR count). The number of hydrogen-bond donors (Lipinski definition) is 2. The number of benzene rings is 2. The van der Waals surface area contributed by atoms with Gasteiger partial charge in [0, 0.05) is 50.7 Å². The van der Waals surface area contributed by atoms with Crippen molar-refractivity contribution in [2.75, 3.05) is 36.4 Å². The van der Waals surface area contributed by atoms with Crippen LogP contribution >= 0.6 is 0 Å². The van der Waals surface area contributed by atoms with E-state index in [1.165, 1.54) is 6.07 Å². The Bertz CT molecular complexity index is 1360. The lowest BCUT2D eigenvalue weighted by Gasteiger charge is -2.36. The van der Waals surface area contributed by atoms with Gasteiger partial charge in [0.1, 0.15) is 6.04 Å². The van der Waals surface area contributed by atoms with Crippen LogP contribution in [0.15, 0.2) is 71.9 Å². The molecule has 2 aliphatic heterocycles. The first kappa shape index (κ1) is 23.9. The number of rotatable bonds is 6. The molecule has 0 spiro atoms. The fourth-order valence-electron chi connectivity index (χ4n) is 4.42. The summed E-state index contributed by atoms with van der Waals surface area (Å²) in [6, 6.07) is 14.1. The minimum absolute atomic E-state index is 0.0529. The number of piperazine rings is 1. The molecule has 0 aliphatic carbocycles. The first-order valence-corrected chi connectivity index (χ1v) is 13.2. The Labute approximate surface area is 209 Å². The van der Waals surface area contributed by atoms with E-state index in [0.717, 1.165) is 5.56 Å². The number of anilines is 2. The molecule has 10 nitrogen and oxygen atoms in total. The van der Waals surface area contributed by atoms with Crippen LogP contribution in [0.25, 0.3) is 0 Å². The third-order valence-corrected chi connectivity index (χ3v) is 7.78. The SMILES string of the molecule is O=C1CCc2cc(S(=O)(=O)NC(C(=O)N3CCN(c4ncccn4)CC3)c3ccccc3)ccc2N1. The van der Waals surface area contributed by atoms with Crippen LogP contribution in [0.4, 0.5) is 11.6 Å². The quantitative estimate of drug-likeness (QED) is 0.522. The van der Waals surface area contributed by atoms with Crippen molar-refractivity contribution in [3.8, 4) is 0 Å². The second-order valence-corrected chi connectivity index (χ2v) is 10.4. The summed E-state index contributed by atoms with van der Waals surface area (Å²) in [6.45, 7) is 1.92. The van der Waals surface area contributed by atoms with Crippen molar-refractivity contribution in [1.82, 2.24) is 19.6 Å². The number of nitrogens with zero attached hydrogens (tertiary/aromatic N) is 4. The summed E-state index contributed by atoms with van der Waals surface area (Å²) in [5.41, 5.74) is 1.92. The van der Waals surface area contributed by atoms with Crippen molar-refractivity contribution in [2.45, 2.75) is 23.8 Å². The molecule has 36 heavy (non-hydrogen) atoms. The molecule has 0 radical (unpaired) electrons. The fraction of sp³-hybridized carbons (Fsp3) is 0.280. The first-order chi connectivity index (χ1) is 17.4. The molecule has 1 saturated heterocycles. The second kappa shape index (κ2) is 10.0. The number of amides is 2. The van der Waals surface area contributed by atoms with Crippen LogP contribution in [0.2, 0.25) is 0 Å². The average molecular weight is 507 g/mol. The van der Waals surface area contributed by atoms with Crippen molar-refractivity contribution >= 4 is 33.5 Å². The molecule has 11 heteroatoms. The molecule has 1 unspecified atom stereocenters. The molecule has 2 aliphatic rings. The Morgan fingerprint density at radius 3 is 2.39 bits per heavy atom. The molecule has 1 aromatic heterocycles. The summed E-state index contributed by atoms with van der Waals surface area (Å²) < 4.78 is 29.4. The summed E-state index contributed by atoms with van der Waals surface area (Å²) >= 11 is 0. The van der Waals surface area contributed by atoms with Gasteiger partial charge in [0.15, 0.2) is 0 Å². The lowest BCUT2D eigenvalue weighted by atomic mass is 10.0. The summed E-state index contributed by atoms with van der Waals surface area (Å²) in [7, 11) is -4.03. The lowest BCUT2D eigenvalue weighted by Crippen LogP contribution is -2.52. The van der Waals surface area contributed by atoms with Crippen molar-refractivity contribution in [2.24, 2.45) is 0 Å². The van der Waals surface area contributed by atoms with Gasteiger partial charge >= 0.3 is 0 Å². The van der Waals surface area contributed by atoms with Gasteiger partial charge in [-0.15, -0.1) is 0 Å². The highest BCUT2D eigenvalue weighted by Gasteiger charge is 2.33. The zero-order valence-electron chi connectivity index (χ0n) is 19.5. The maximum atomic E-state index is 13.6. The van der Waals surface area contributed by atoms with Crippen molar-refractivity contribution in [3.63, 3.8) is 0 Å². The highest BCUT2D eigenvalue weighted by molar-refractivity contribution is 7.89. The maximum absolute atomic E-state index is 13.6. The Hall–Kier alpha value is -3.83. The normalized spacial score (nSPS) is 16.7. The molecule has 2 amide bonds. The Morgan fingerprint density at radius 2 is 1.67 bits per heavy atom. The highest BCUT2D eigenvalue weighted by atomic mass is 32.2. The first-order valence-electron chi connectivity index (χ1n) is 11.7. The van der Waals surface area contributed by atoms with Crippen molar-refractivity contribution in [1.29, 1.82) is 0 Å². The number of carbonyl (C=O) groups is 2. The van der Waals surface area contributed by atoms with E-state index in [1.807, 2.05) is 11.0 Å². The van der Waals surface area contributed by atoms with Gasteiger partial charge < -0.3 is 15.1 Å². The van der Waals surface area contributed by atoms with E-state index in [2.05, 4.69) is 20.0 Å². The molecule has 1 atom stereocenters. The third kappa shape index (κ3) is 5.07. The molecular weight excluding hydrogens is 480 g/mol. The smallest absolute Gasteiger partial charge is 0.245 e. The summed E-state index contributed by atoms with van der Waals surface area (Å²) in [6.07, 6.45) is 4.11. The van der Waals surface area contributed by atoms with Gasteiger partial charge in [-0.2, -0.15) is 4.72 Å². The number of fused-ring (bicyclic) bond motifs is 1. The minimum Gasteiger partial charge on any atom is -0.337 e. The standard InChI is InChI=1S/C25H26N6O4S/c32-22-10-7-19-17-20(8-9-21(19)28-22)36(34,35)29-23(18-5-2-1-3-6-18)24(33)30-13-15-31(16-14-30)25-26-11-4-12-27-25/h1-6,8-9,11-12,17,23,29H,7,10,13-16H2,(H,28,32). The van der Waals surface area contributed by atoms with Crippen LogP contribution in [-0.4, -0.2) is 61.3 Å². The third-order valence-electron chi connectivity index (χ3n) is 6.36. The minimum atomic E-state index is -4.03. The average Bonchev–Trinajstić information content (AvgIpc) is 2.92. The van der Waals surface area contributed by atoms with E-state index in [1.54, 1.807) is 59.8 Å². The predicted molar refractivity (Wildman–Crippen MR) is 134 cm³/mol. The molecule has 186 valence electrons. The van der Waals surface area contributed by atoms with Crippen molar-refractivity contribution in [3.05, 3.63) is 78.1 Å². The van der Waals surface area contributed by atoms with E-state index in [-0.39, 0.29) is 16.7 Å². The van der Waals surface area contributed by atoms with Gasteiger partial charge in [-0.05, 0) is 41.8 Å². The maximum Gasteiger partial charge on any atom is 0.245 e. The lowest BCUT2D eigenvalue weighted by molar-refractivity contribution is -0.133. The Balaban J connectivity index is 1.36. The highest BCUT2D eigenvalue weighted by Crippen LogP contribution is 2.27. The number of aryl methyl sites for hydroxylation is 1.